The zero-order valence-corrected chi connectivity index (χ0v) is 10.2. The van der Waals surface area contributed by atoms with E-state index in [9.17, 15) is 4.79 Å². The number of carbonyl (C=O) groups excluding carboxylic acids is 1. The third kappa shape index (κ3) is 3.46. The molecule has 0 saturated carbocycles. The van der Waals surface area contributed by atoms with Crippen molar-refractivity contribution >= 4 is 5.91 Å². The molecule has 1 rings (SSSR count). The number of hydrogen-bond acceptors (Lipinski definition) is 1. The largest absolute Gasteiger partial charge is 1.00 e. The van der Waals surface area contributed by atoms with Crippen LogP contribution in [0.4, 0.5) is 0 Å². The van der Waals surface area contributed by atoms with Gasteiger partial charge in [-0.25, -0.2) is 0 Å². The number of aryl methyl sites for hydroxylation is 1. The summed E-state index contributed by atoms with van der Waals surface area (Å²) >= 11 is 0. The summed E-state index contributed by atoms with van der Waals surface area (Å²) in [5.74, 6) is 0.0337. The van der Waals surface area contributed by atoms with Crippen LogP contribution >= 0.6 is 0 Å². The zero-order valence-electron chi connectivity index (χ0n) is 8.62. The van der Waals surface area contributed by atoms with Gasteiger partial charge in [-0.05, 0) is 6.07 Å². The number of pyridine rings is 1. The van der Waals surface area contributed by atoms with Crippen LogP contribution in [-0.4, -0.2) is 5.91 Å². The summed E-state index contributed by atoms with van der Waals surface area (Å²) in [5.41, 5.74) is 3.80. The van der Waals surface area contributed by atoms with Crippen LogP contribution in [0.15, 0.2) is 24.4 Å². The molecule has 78 valence electrons. The minimum atomic E-state index is 0. The molecule has 0 saturated heterocycles. The number of aromatic nitrogens is 1. The Hall–Kier alpha value is -0.900. The highest BCUT2D eigenvalue weighted by molar-refractivity contribution is 5.83. The number of rotatable bonds is 2. The van der Waals surface area contributed by atoms with E-state index in [4.69, 9.17) is 0 Å². The van der Waals surface area contributed by atoms with Crippen molar-refractivity contribution in [3.05, 3.63) is 30.1 Å². The number of carbonyl (C=O) groups is 1. The molecule has 4 heteroatoms. The fraction of sp³-hybridized carbons (Fsp3) is 0.400. The van der Waals surface area contributed by atoms with Crippen LogP contribution in [0, 0.1) is 12.8 Å². The maximum Gasteiger partial charge on any atom is 0.277 e. The molecule has 0 aliphatic heterocycles. The fourth-order valence-electron chi connectivity index (χ4n) is 0.902. The van der Waals surface area contributed by atoms with E-state index in [1.807, 2.05) is 45.2 Å². The van der Waals surface area contributed by atoms with Gasteiger partial charge in [0.05, 0.1) is 0 Å². The van der Waals surface area contributed by atoms with Gasteiger partial charge in [-0.3, -0.25) is 4.79 Å². The molecular weight excluding hydrogens is 244 g/mol. The van der Waals surface area contributed by atoms with Crippen LogP contribution in [0.1, 0.15) is 19.5 Å². The molecule has 0 spiro atoms. The van der Waals surface area contributed by atoms with Crippen molar-refractivity contribution in [3.8, 4) is 0 Å². The highest BCUT2D eigenvalue weighted by Crippen LogP contribution is 1.91. The SMILES string of the molecule is Cc1cccc[n+]1NC(=O)C(C)C.[Br-]. The molecule has 14 heavy (non-hydrogen) atoms. The van der Waals surface area contributed by atoms with Gasteiger partial charge in [0.25, 0.3) is 5.91 Å². The molecule has 1 N–H and O–H groups in total. The number of amides is 1. The van der Waals surface area contributed by atoms with Gasteiger partial charge in [0.2, 0.25) is 5.69 Å². The molecule has 0 aliphatic rings. The average Bonchev–Trinajstić information content (AvgIpc) is 2.08. The van der Waals surface area contributed by atoms with Gasteiger partial charge >= 0.3 is 0 Å². The molecule has 0 bridgehead atoms. The molecule has 1 heterocycles. The number of halogens is 1. The summed E-state index contributed by atoms with van der Waals surface area (Å²) in [7, 11) is 0. The van der Waals surface area contributed by atoms with Gasteiger partial charge in [-0.1, -0.05) is 18.5 Å². The Kier molecular flexibility index (Phi) is 5.38. The minimum Gasteiger partial charge on any atom is -1.00 e. The van der Waals surface area contributed by atoms with Gasteiger partial charge < -0.3 is 17.0 Å². The normalized spacial score (nSPS) is 9.43. The lowest BCUT2D eigenvalue weighted by Gasteiger charge is -2.03. The third-order valence-corrected chi connectivity index (χ3v) is 1.82. The topological polar surface area (TPSA) is 33.0 Å². The van der Waals surface area contributed by atoms with Gasteiger partial charge in [0.1, 0.15) is 0 Å². The smallest absolute Gasteiger partial charge is 0.277 e. The summed E-state index contributed by atoms with van der Waals surface area (Å²) in [6.45, 7) is 5.68. The first-order valence-electron chi connectivity index (χ1n) is 4.39. The lowest BCUT2D eigenvalue weighted by Crippen LogP contribution is -3.00. The Morgan fingerprint density at radius 3 is 2.57 bits per heavy atom. The van der Waals surface area contributed by atoms with Crippen molar-refractivity contribution in [3.63, 3.8) is 0 Å². The van der Waals surface area contributed by atoms with Crippen molar-refractivity contribution in [2.45, 2.75) is 20.8 Å². The number of nitrogens with zero attached hydrogens (tertiary/aromatic N) is 1. The molecule has 0 atom stereocenters. The Morgan fingerprint density at radius 2 is 2.07 bits per heavy atom. The molecule has 1 amide bonds. The summed E-state index contributed by atoms with van der Waals surface area (Å²) in [5, 5.41) is 0. The van der Waals surface area contributed by atoms with E-state index in [0.29, 0.717) is 0 Å². The van der Waals surface area contributed by atoms with E-state index in [1.54, 1.807) is 4.68 Å². The highest BCUT2D eigenvalue weighted by Gasteiger charge is 2.12. The quantitative estimate of drug-likeness (QED) is 0.613. The maximum absolute atomic E-state index is 11.3. The maximum atomic E-state index is 11.3. The molecule has 3 nitrogen and oxygen atoms in total. The molecule has 0 aromatic carbocycles. The van der Waals surface area contributed by atoms with Crippen molar-refractivity contribution < 1.29 is 26.5 Å². The predicted octanol–water partition coefficient (Wildman–Crippen LogP) is -1.99. The zero-order chi connectivity index (χ0) is 9.84. The summed E-state index contributed by atoms with van der Waals surface area (Å²) in [6, 6.07) is 5.77. The molecule has 1 aromatic heterocycles. The number of nitrogens with one attached hydrogen (secondary N) is 1. The van der Waals surface area contributed by atoms with Crippen LogP contribution < -0.4 is 27.1 Å². The second-order valence-electron chi connectivity index (χ2n) is 3.34. The van der Waals surface area contributed by atoms with Crippen molar-refractivity contribution in [1.29, 1.82) is 0 Å². The van der Waals surface area contributed by atoms with E-state index >= 15 is 0 Å². The van der Waals surface area contributed by atoms with Crippen molar-refractivity contribution in [2.75, 3.05) is 5.43 Å². The van der Waals surface area contributed by atoms with E-state index in [2.05, 4.69) is 5.43 Å². The van der Waals surface area contributed by atoms with Gasteiger partial charge in [-0.15, -0.1) is 5.43 Å². The molecule has 1 aromatic rings. The fourth-order valence-corrected chi connectivity index (χ4v) is 0.902. The monoisotopic (exact) mass is 258 g/mol. The van der Waals surface area contributed by atoms with Crippen LogP contribution in [-0.2, 0) is 4.79 Å². The van der Waals surface area contributed by atoms with E-state index < -0.39 is 0 Å². The first-order chi connectivity index (χ1) is 6.11. The third-order valence-electron chi connectivity index (χ3n) is 1.82. The highest BCUT2D eigenvalue weighted by atomic mass is 79.9. The van der Waals surface area contributed by atoms with Crippen LogP contribution in [0.3, 0.4) is 0 Å². The Balaban J connectivity index is 0.00000169. The lowest BCUT2D eigenvalue weighted by molar-refractivity contribution is -0.649. The molecule has 0 radical (unpaired) electrons. The lowest BCUT2D eigenvalue weighted by atomic mass is 10.2. The Morgan fingerprint density at radius 1 is 1.43 bits per heavy atom. The second kappa shape index (κ2) is 5.75. The van der Waals surface area contributed by atoms with E-state index in [0.717, 1.165) is 5.69 Å². The van der Waals surface area contributed by atoms with Crippen molar-refractivity contribution in [2.24, 2.45) is 5.92 Å². The van der Waals surface area contributed by atoms with Gasteiger partial charge in [0, 0.05) is 25.0 Å². The average molecular weight is 259 g/mol. The van der Waals surface area contributed by atoms with Crippen LogP contribution in [0.5, 0.6) is 0 Å². The second-order valence-corrected chi connectivity index (χ2v) is 3.34. The Bertz CT molecular complexity index is 313. The van der Waals surface area contributed by atoms with E-state index in [1.165, 1.54) is 0 Å². The molecule has 0 aliphatic carbocycles. The predicted molar refractivity (Wildman–Crippen MR) is 50.6 cm³/mol. The molecule has 0 unspecified atom stereocenters. The summed E-state index contributed by atoms with van der Waals surface area (Å²) in [4.78, 5) is 11.3. The number of hydrogen-bond donors (Lipinski definition) is 1. The standard InChI is InChI=1S/C10H14N2O.BrH/c1-8(2)10(13)11-12-7-5-4-6-9(12)3;/h4-8H,1-3H3;1H. The molecular formula is C10H15BrN2O. The first-order valence-corrected chi connectivity index (χ1v) is 4.39. The van der Waals surface area contributed by atoms with Crippen molar-refractivity contribution in [1.82, 2.24) is 0 Å². The summed E-state index contributed by atoms with van der Waals surface area (Å²) in [6.07, 6.45) is 1.83. The summed E-state index contributed by atoms with van der Waals surface area (Å²) < 4.78 is 1.72. The molecule has 0 fully saturated rings. The minimum absolute atomic E-state index is 0. The van der Waals surface area contributed by atoms with Crippen LogP contribution in [0.25, 0.3) is 0 Å². The van der Waals surface area contributed by atoms with E-state index in [-0.39, 0.29) is 28.8 Å². The Labute approximate surface area is 94.9 Å². The first kappa shape index (κ1) is 13.1. The van der Waals surface area contributed by atoms with Gasteiger partial charge in [0.15, 0.2) is 6.20 Å². The van der Waals surface area contributed by atoms with Gasteiger partial charge in [-0.2, -0.15) is 0 Å². The van der Waals surface area contributed by atoms with Crippen LogP contribution in [0.2, 0.25) is 0 Å².